The molecular weight excluding hydrogens is 502 g/mol. The van der Waals surface area contributed by atoms with Crippen molar-refractivity contribution in [1.82, 2.24) is 10.6 Å². The van der Waals surface area contributed by atoms with Gasteiger partial charge in [-0.1, -0.05) is 37.3 Å². The zero-order valence-corrected chi connectivity index (χ0v) is 22.0. The first kappa shape index (κ1) is 28.1. The first-order valence-electron chi connectivity index (χ1n) is 12.9. The Morgan fingerprint density at radius 1 is 1.03 bits per heavy atom. The molecule has 0 bridgehead atoms. The lowest BCUT2D eigenvalue weighted by atomic mass is 10.00. The van der Waals surface area contributed by atoms with Crippen LogP contribution >= 0.6 is 0 Å². The van der Waals surface area contributed by atoms with Crippen molar-refractivity contribution in [3.05, 3.63) is 101 Å². The molecule has 1 aliphatic heterocycles. The highest BCUT2D eigenvalue weighted by Crippen LogP contribution is 2.22. The van der Waals surface area contributed by atoms with E-state index < -0.39 is 29.7 Å². The molecule has 9 heteroatoms. The van der Waals surface area contributed by atoms with Gasteiger partial charge in [0, 0.05) is 30.4 Å². The molecule has 0 saturated heterocycles. The molecule has 1 aliphatic rings. The number of carbonyl (C=O) groups excluding carboxylic acids is 2. The van der Waals surface area contributed by atoms with E-state index in [1.165, 1.54) is 22.7 Å². The molecule has 2 atom stereocenters. The fraction of sp³-hybridized carbons (Fsp3) is 0.300. The number of hydrazone groups is 1. The number of amides is 2. The van der Waals surface area contributed by atoms with Crippen LogP contribution in [0.3, 0.4) is 0 Å². The van der Waals surface area contributed by atoms with Gasteiger partial charge in [0.1, 0.15) is 11.6 Å². The average molecular weight is 535 g/mol. The molecule has 1 heterocycles. The van der Waals surface area contributed by atoms with Crippen LogP contribution < -0.4 is 15.6 Å². The normalized spacial score (nSPS) is 14.7. The molecule has 0 aliphatic carbocycles. The predicted molar refractivity (Wildman–Crippen MR) is 147 cm³/mol. The van der Waals surface area contributed by atoms with Crippen molar-refractivity contribution in [2.24, 2.45) is 5.10 Å². The van der Waals surface area contributed by atoms with Crippen molar-refractivity contribution < 1.29 is 23.5 Å². The minimum absolute atomic E-state index is 0.00236. The number of carbonyl (C=O) groups is 2. The minimum atomic E-state index is -1.06. The number of anilines is 1. The fourth-order valence-corrected chi connectivity index (χ4v) is 4.52. The van der Waals surface area contributed by atoms with Gasteiger partial charge in [-0.15, -0.1) is 0 Å². The number of benzene rings is 3. The Hall–Kier alpha value is -3.95. The Labute approximate surface area is 226 Å². The summed E-state index contributed by atoms with van der Waals surface area (Å²) in [4.78, 5) is 25.5. The summed E-state index contributed by atoms with van der Waals surface area (Å²) >= 11 is 0. The molecule has 3 aromatic rings. The van der Waals surface area contributed by atoms with E-state index in [-0.39, 0.29) is 30.9 Å². The SMILES string of the molecule is CCc1cccc(CNC[C@H](O)[C@H](Cc2cc(F)cc(F)c2)NC(=O)c2cccc(N3N=C(C)CC3=O)c2)c1. The number of nitrogens with zero attached hydrogens (tertiary/aromatic N) is 2. The highest BCUT2D eigenvalue weighted by Gasteiger charge is 2.25. The van der Waals surface area contributed by atoms with E-state index >= 15 is 0 Å². The third-order valence-electron chi connectivity index (χ3n) is 6.51. The standard InChI is InChI=1S/C30H32F2N4O3/c1-3-20-6-4-7-21(11-20)17-33-18-28(37)27(14-22-12-24(31)16-25(32)13-22)34-30(39)23-8-5-9-26(15-23)36-29(38)10-19(2)35-36/h4-9,11-13,15-16,27-28,33,37H,3,10,14,17-18H2,1-2H3,(H,34,39)/t27-,28-/m0/s1. The molecule has 4 rings (SSSR count). The number of hydrogen-bond donors (Lipinski definition) is 3. The molecule has 0 spiro atoms. The largest absolute Gasteiger partial charge is 0.390 e. The highest BCUT2D eigenvalue weighted by atomic mass is 19.1. The van der Waals surface area contributed by atoms with E-state index in [0.29, 0.717) is 23.5 Å². The van der Waals surface area contributed by atoms with Crippen molar-refractivity contribution in [1.29, 1.82) is 0 Å². The van der Waals surface area contributed by atoms with Gasteiger partial charge in [-0.2, -0.15) is 5.10 Å². The summed E-state index contributed by atoms with van der Waals surface area (Å²) in [5.74, 6) is -2.17. The lowest BCUT2D eigenvalue weighted by molar-refractivity contribution is -0.116. The lowest BCUT2D eigenvalue weighted by Crippen LogP contribution is -2.48. The summed E-state index contributed by atoms with van der Waals surface area (Å²) < 4.78 is 27.7. The van der Waals surface area contributed by atoms with E-state index in [1.54, 1.807) is 31.2 Å². The van der Waals surface area contributed by atoms with Crippen LogP contribution in [0.4, 0.5) is 14.5 Å². The molecular formula is C30H32F2N4O3. The van der Waals surface area contributed by atoms with Gasteiger partial charge in [0.15, 0.2) is 0 Å². The number of nitrogens with one attached hydrogen (secondary N) is 2. The van der Waals surface area contributed by atoms with Gasteiger partial charge < -0.3 is 15.7 Å². The minimum Gasteiger partial charge on any atom is -0.390 e. The third-order valence-corrected chi connectivity index (χ3v) is 6.51. The van der Waals surface area contributed by atoms with Gasteiger partial charge in [-0.05, 0) is 66.8 Å². The maximum absolute atomic E-state index is 13.9. The number of aryl methyl sites for hydroxylation is 1. The Balaban J connectivity index is 1.49. The van der Waals surface area contributed by atoms with E-state index in [2.05, 4.69) is 28.7 Å². The summed E-state index contributed by atoms with van der Waals surface area (Å²) in [5.41, 5.74) is 3.94. The van der Waals surface area contributed by atoms with Crippen molar-refractivity contribution >= 4 is 23.2 Å². The third kappa shape index (κ3) is 7.55. The Kier molecular flexibility index (Phi) is 9.16. The molecule has 0 saturated carbocycles. The number of aliphatic hydroxyl groups excluding tert-OH is 1. The van der Waals surface area contributed by atoms with Gasteiger partial charge in [-0.25, -0.2) is 13.8 Å². The first-order valence-corrected chi connectivity index (χ1v) is 12.9. The van der Waals surface area contributed by atoms with Crippen LogP contribution in [0.1, 0.15) is 47.3 Å². The van der Waals surface area contributed by atoms with E-state index in [9.17, 15) is 23.5 Å². The molecule has 39 heavy (non-hydrogen) atoms. The summed E-state index contributed by atoms with van der Waals surface area (Å²) in [6.07, 6.45) is 0.0612. The topological polar surface area (TPSA) is 94.0 Å². The highest BCUT2D eigenvalue weighted by molar-refractivity contribution is 6.12. The maximum atomic E-state index is 13.9. The molecule has 7 nitrogen and oxygen atoms in total. The maximum Gasteiger partial charge on any atom is 0.253 e. The van der Waals surface area contributed by atoms with Crippen LogP contribution in [-0.2, 0) is 24.2 Å². The average Bonchev–Trinajstić information content (AvgIpc) is 3.25. The number of aliphatic hydroxyl groups is 1. The Bertz CT molecular complexity index is 1360. The second kappa shape index (κ2) is 12.7. The van der Waals surface area contributed by atoms with Gasteiger partial charge in [-0.3, -0.25) is 9.59 Å². The monoisotopic (exact) mass is 534 g/mol. The van der Waals surface area contributed by atoms with Crippen LogP contribution in [-0.4, -0.2) is 41.3 Å². The second-order valence-electron chi connectivity index (χ2n) is 9.70. The smallest absolute Gasteiger partial charge is 0.253 e. The van der Waals surface area contributed by atoms with Crippen molar-refractivity contribution in [2.45, 2.75) is 51.8 Å². The summed E-state index contributed by atoms with van der Waals surface area (Å²) in [5, 5.41) is 22.5. The lowest BCUT2D eigenvalue weighted by Gasteiger charge is -2.25. The van der Waals surface area contributed by atoms with Crippen molar-refractivity contribution in [3.8, 4) is 0 Å². The predicted octanol–water partition coefficient (Wildman–Crippen LogP) is 4.13. The van der Waals surface area contributed by atoms with E-state index in [4.69, 9.17) is 0 Å². The molecule has 0 unspecified atom stereocenters. The number of halogens is 2. The fourth-order valence-electron chi connectivity index (χ4n) is 4.52. The molecule has 0 aromatic heterocycles. The zero-order chi connectivity index (χ0) is 27.9. The molecule has 204 valence electrons. The zero-order valence-electron chi connectivity index (χ0n) is 22.0. The Morgan fingerprint density at radius 3 is 2.44 bits per heavy atom. The van der Waals surface area contributed by atoms with Crippen LogP contribution in [0, 0.1) is 11.6 Å². The van der Waals surface area contributed by atoms with E-state index in [0.717, 1.165) is 18.1 Å². The molecule has 2 amide bonds. The van der Waals surface area contributed by atoms with Crippen molar-refractivity contribution in [2.75, 3.05) is 11.6 Å². The van der Waals surface area contributed by atoms with Crippen LogP contribution in [0.15, 0.2) is 71.8 Å². The molecule has 0 fully saturated rings. The number of hydrogen-bond acceptors (Lipinski definition) is 5. The summed E-state index contributed by atoms with van der Waals surface area (Å²) in [6, 6.07) is 16.8. The van der Waals surface area contributed by atoms with Gasteiger partial charge in [0.05, 0.1) is 24.3 Å². The summed E-state index contributed by atoms with van der Waals surface area (Å²) in [6.45, 7) is 4.47. The van der Waals surface area contributed by atoms with Crippen LogP contribution in [0.25, 0.3) is 0 Å². The molecule has 3 N–H and O–H groups in total. The van der Waals surface area contributed by atoms with Crippen LogP contribution in [0.5, 0.6) is 0 Å². The first-order chi connectivity index (χ1) is 18.7. The quantitative estimate of drug-likeness (QED) is 0.345. The Morgan fingerprint density at radius 2 is 1.74 bits per heavy atom. The van der Waals surface area contributed by atoms with E-state index in [1.807, 2.05) is 18.2 Å². The summed E-state index contributed by atoms with van der Waals surface area (Å²) in [7, 11) is 0. The van der Waals surface area contributed by atoms with Crippen LogP contribution in [0.2, 0.25) is 0 Å². The second-order valence-corrected chi connectivity index (χ2v) is 9.70. The van der Waals surface area contributed by atoms with Gasteiger partial charge in [0.2, 0.25) is 0 Å². The molecule has 0 radical (unpaired) electrons. The number of rotatable bonds is 11. The molecule has 3 aromatic carbocycles. The van der Waals surface area contributed by atoms with Gasteiger partial charge in [0.25, 0.3) is 11.8 Å². The van der Waals surface area contributed by atoms with Gasteiger partial charge >= 0.3 is 0 Å². The van der Waals surface area contributed by atoms with Crippen molar-refractivity contribution in [3.63, 3.8) is 0 Å².